The highest BCUT2D eigenvalue weighted by molar-refractivity contribution is 6.28. The Labute approximate surface area is 85.2 Å². The van der Waals surface area contributed by atoms with Crippen LogP contribution in [0.1, 0.15) is 0 Å². The van der Waals surface area contributed by atoms with Crippen LogP contribution < -0.4 is 4.90 Å². The van der Waals surface area contributed by atoms with Crippen LogP contribution in [-0.4, -0.2) is 11.8 Å². The van der Waals surface area contributed by atoms with Crippen LogP contribution in [0.15, 0.2) is 36.4 Å². The number of diazo groups is 1. The summed E-state index contributed by atoms with van der Waals surface area (Å²) in [7, 11) is 0. The molecule has 1 aliphatic heterocycles. The fraction of sp³-hybridized carbons (Fsp3) is 0. The van der Waals surface area contributed by atoms with E-state index in [0.717, 1.165) is 4.90 Å². The van der Waals surface area contributed by atoms with Gasteiger partial charge in [0.1, 0.15) is 0 Å². The molecule has 0 radical (unpaired) electrons. The summed E-state index contributed by atoms with van der Waals surface area (Å²) in [5.41, 5.74) is 0.827. The number of anilines is 1. The van der Waals surface area contributed by atoms with Crippen LogP contribution in [0.2, 0.25) is 0 Å². The lowest BCUT2D eigenvalue weighted by molar-refractivity contribution is -0.119. The van der Waals surface area contributed by atoms with E-state index in [1.807, 2.05) is 0 Å². The maximum atomic E-state index is 11.3. The molecule has 1 aromatic rings. The summed E-state index contributed by atoms with van der Waals surface area (Å²) in [5.74, 6) is -0.734. The van der Waals surface area contributed by atoms with Crippen molar-refractivity contribution in [1.29, 1.82) is 5.39 Å². The highest BCUT2D eigenvalue weighted by Gasteiger charge is 2.25. The van der Waals surface area contributed by atoms with E-state index in [4.69, 9.17) is 5.39 Å². The molecular weight excluding hydrogens is 194 g/mol. The second kappa shape index (κ2) is 3.35. The Balaban J connectivity index is 2.35. The van der Waals surface area contributed by atoms with Crippen molar-refractivity contribution in [3.8, 4) is 0 Å². The number of hydrogen-bond donors (Lipinski definition) is 0. The molecule has 1 heterocycles. The quantitative estimate of drug-likeness (QED) is 0.510. The summed E-state index contributed by atoms with van der Waals surface area (Å²) in [6.45, 7) is 0. The van der Waals surface area contributed by atoms with E-state index in [2.05, 4.69) is 4.98 Å². The zero-order valence-corrected chi connectivity index (χ0v) is 7.62. The van der Waals surface area contributed by atoms with Crippen molar-refractivity contribution in [2.24, 2.45) is 0 Å². The summed E-state index contributed by atoms with van der Waals surface area (Å²) in [4.78, 5) is 26.6. The Morgan fingerprint density at radius 3 is 2.00 bits per heavy atom. The lowest BCUT2D eigenvalue weighted by Gasteiger charge is -2.12. The molecule has 0 atom stereocenters. The summed E-state index contributed by atoms with van der Waals surface area (Å²) in [5, 5.41) is 8.46. The first-order valence-electron chi connectivity index (χ1n) is 4.23. The van der Waals surface area contributed by atoms with E-state index in [9.17, 15) is 9.59 Å². The van der Waals surface area contributed by atoms with Crippen LogP contribution in [0.5, 0.6) is 0 Å². The topological polar surface area (TPSA) is 65.5 Å². The SMILES string of the molecule is N#[N+]c1ccc(N2C(=O)C=CC2=O)cc1. The molecule has 0 spiro atoms. The number of carbonyl (C=O) groups excluding carboxylic acids is 2. The Hall–Kier alpha value is -2.48. The molecule has 1 aromatic carbocycles. The van der Waals surface area contributed by atoms with Gasteiger partial charge in [-0.05, 0) is 12.1 Å². The molecule has 0 saturated heterocycles. The number of benzene rings is 1. The van der Waals surface area contributed by atoms with Gasteiger partial charge in [-0.1, -0.05) is 0 Å². The van der Waals surface area contributed by atoms with Crippen molar-refractivity contribution >= 4 is 23.2 Å². The van der Waals surface area contributed by atoms with Gasteiger partial charge in [0.15, 0.2) is 4.98 Å². The standard InChI is InChI=1S/C10H6N3O2/c11-12-7-1-3-8(4-2-7)13-9(14)5-6-10(13)15/h1-6H/q+1. The van der Waals surface area contributed by atoms with Crippen LogP contribution >= 0.6 is 0 Å². The number of hydrogen-bond acceptors (Lipinski definition) is 3. The third-order valence-electron chi connectivity index (χ3n) is 2.03. The maximum absolute atomic E-state index is 11.3. The van der Waals surface area contributed by atoms with Crippen molar-refractivity contribution in [3.63, 3.8) is 0 Å². The van der Waals surface area contributed by atoms with Gasteiger partial charge in [0.05, 0.1) is 5.69 Å². The molecule has 0 N–H and O–H groups in total. The highest BCUT2D eigenvalue weighted by Crippen LogP contribution is 2.22. The van der Waals surface area contributed by atoms with E-state index in [-0.39, 0.29) is 11.8 Å². The number of imide groups is 1. The molecule has 0 bridgehead atoms. The maximum Gasteiger partial charge on any atom is 0.385 e. The van der Waals surface area contributed by atoms with E-state index < -0.39 is 0 Å². The smallest absolute Gasteiger partial charge is 0.269 e. The molecule has 2 amide bonds. The van der Waals surface area contributed by atoms with Gasteiger partial charge in [-0.25, -0.2) is 4.90 Å². The van der Waals surface area contributed by atoms with Crippen LogP contribution in [0, 0.1) is 5.39 Å². The zero-order chi connectivity index (χ0) is 10.8. The first kappa shape index (κ1) is 9.09. The third-order valence-corrected chi connectivity index (χ3v) is 2.03. The van der Waals surface area contributed by atoms with Gasteiger partial charge in [0.25, 0.3) is 11.8 Å². The zero-order valence-electron chi connectivity index (χ0n) is 7.62. The average molecular weight is 200 g/mol. The van der Waals surface area contributed by atoms with Gasteiger partial charge in [-0.2, -0.15) is 0 Å². The fourth-order valence-corrected chi connectivity index (χ4v) is 1.32. The van der Waals surface area contributed by atoms with Crippen LogP contribution in [0.25, 0.3) is 4.98 Å². The number of carbonyl (C=O) groups is 2. The second-order valence-corrected chi connectivity index (χ2v) is 2.96. The van der Waals surface area contributed by atoms with E-state index in [1.54, 1.807) is 0 Å². The summed E-state index contributed by atoms with van der Waals surface area (Å²) < 4.78 is 0. The number of amides is 2. The van der Waals surface area contributed by atoms with Crippen LogP contribution in [-0.2, 0) is 9.59 Å². The number of nitrogens with zero attached hydrogens (tertiary/aromatic N) is 3. The average Bonchev–Trinajstić information content (AvgIpc) is 2.59. The van der Waals surface area contributed by atoms with Crippen LogP contribution in [0.3, 0.4) is 0 Å². The van der Waals surface area contributed by atoms with Gasteiger partial charge in [0, 0.05) is 24.3 Å². The third kappa shape index (κ3) is 1.48. The molecule has 0 unspecified atom stereocenters. The van der Waals surface area contributed by atoms with Gasteiger partial charge >= 0.3 is 5.69 Å². The van der Waals surface area contributed by atoms with Gasteiger partial charge < -0.3 is 0 Å². The van der Waals surface area contributed by atoms with Crippen molar-refractivity contribution in [1.82, 2.24) is 0 Å². The predicted molar refractivity (Wildman–Crippen MR) is 52.8 cm³/mol. The van der Waals surface area contributed by atoms with E-state index >= 15 is 0 Å². The molecule has 2 rings (SSSR count). The highest BCUT2D eigenvalue weighted by atomic mass is 16.2. The molecule has 5 nitrogen and oxygen atoms in total. The Kier molecular flexibility index (Phi) is 2.03. The second-order valence-electron chi connectivity index (χ2n) is 2.96. The number of rotatable bonds is 1. The summed E-state index contributed by atoms with van der Waals surface area (Å²) in [6.07, 6.45) is 2.43. The largest absolute Gasteiger partial charge is 0.385 e. The van der Waals surface area contributed by atoms with E-state index in [0.29, 0.717) is 11.4 Å². The monoisotopic (exact) mass is 200 g/mol. The minimum Gasteiger partial charge on any atom is -0.269 e. The van der Waals surface area contributed by atoms with Crippen molar-refractivity contribution < 1.29 is 9.59 Å². The Morgan fingerprint density at radius 2 is 1.53 bits per heavy atom. The van der Waals surface area contributed by atoms with E-state index in [1.165, 1.54) is 36.4 Å². The van der Waals surface area contributed by atoms with Gasteiger partial charge in [0.2, 0.25) is 5.39 Å². The van der Waals surface area contributed by atoms with Crippen molar-refractivity contribution in [2.75, 3.05) is 4.90 Å². The molecule has 0 saturated carbocycles. The summed E-state index contributed by atoms with van der Waals surface area (Å²) >= 11 is 0. The first-order valence-corrected chi connectivity index (χ1v) is 4.23. The lowest BCUT2D eigenvalue weighted by Crippen LogP contribution is -2.29. The van der Waals surface area contributed by atoms with Crippen LogP contribution in [0.4, 0.5) is 11.4 Å². The normalized spacial score (nSPS) is 14.5. The molecule has 5 heteroatoms. The molecule has 1 aliphatic rings. The molecule has 0 fully saturated rings. The molecule has 0 aliphatic carbocycles. The first-order chi connectivity index (χ1) is 7.22. The fourth-order valence-electron chi connectivity index (χ4n) is 1.32. The molecule has 0 aromatic heterocycles. The van der Waals surface area contributed by atoms with Gasteiger partial charge in [-0.3, -0.25) is 9.59 Å². The Bertz CT molecular complexity index is 478. The predicted octanol–water partition coefficient (Wildman–Crippen LogP) is 1.60. The molecular formula is C10H6N3O2+. The van der Waals surface area contributed by atoms with Crippen molar-refractivity contribution in [3.05, 3.63) is 41.4 Å². The minimum atomic E-state index is -0.367. The molecule has 72 valence electrons. The Morgan fingerprint density at radius 1 is 1.00 bits per heavy atom. The van der Waals surface area contributed by atoms with Gasteiger partial charge in [-0.15, -0.1) is 0 Å². The minimum absolute atomic E-state index is 0.366. The van der Waals surface area contributed by atoms with Crippen molar-refractivity contribution in [2.45, 2.75) is 0 Å². The summed E-state index contributed by atoms with van der Waals surface area (Å²) in [6, 6.07) is 6.10. The molecule has 15 heavy (non-hydrogen) atoms. The lowest BCUT2D eigenvalue weighted by atomic mass is 10.2.